The van der Waals surface area contributed by atoms with Gasteiger partial charge in [-0.2, -0.15) is 0 Å². The lowest BCUT2D eigenvalue weighted by Gasteiger charge is -2.22. The number of amides is 2. The molecule has 0 saturated heterocycles. The first-order valence-electron chi connectivity index (χ1n) is 7.39. The molecule has 2 rings (SSSR count). The number of nitrogens with one attached hydrogen (secondary N) is 1. The highest BCUT2D eigenvalue weighted by Gasteiger charge is 2.32. The van der Waals surface area contributed by atoms with Crippen molar-refractivity contribution in [3.63, 3.8) is 0 Å². The first-order chi connectivity index (χ1) is 10.0. The van der Waals surface area contributed by atoms with Crippen molar-refractivity contribution in [1.82, 2.24) is 0 Å². The molecule has 2 atom stereocenters. The normalized spacial score (nSPS) is 20.1. The van der Waals surface area contributed by atoms with E-state index in [9.17, 15) is 9.59 Å². The van der Waals surface area contributed by atoms with Gasteiger partial charge in [-0.25, -0.2) is 0 Å². The maximum Gasteiger partial charge on any atom is 0.227 e. The van der Waals surface area contributed by atoms with Gasteiger partial charge in [-0.05, 0) is 37.4 Å². The summed E-state index contributed by atoms with van der Waals surface area (Å²) in [6, 6.07) is 7.34. The molecule has 1 saturated carbocycles. The highest BCUT2D eigenvalue weighted by Crippen LogP contribution is 2.33. The van der Waals surface area contributed by atoms with Gasteiger partial charge in [0.25, 0.3) is 0 Å². The number of anilines is 2. The van der Waals surface area contributed by atoms with Crippen LogP contribution in [0, 0.1) is 11.8 Å². The lowest BCUT2D eigenvalue weighted by atomic mass is 9.95. The van der Waals surface area contributed by atoms with E-state index in [4.69, 9.17) is 5.73 Å². The lowest BCUT2D eigenvalue weighted by molar-refractivity contribution is -0.121. The Labute approximate surface area is 137 Å². The third-order valence-corrected chi connectivity index (χ3v) is 4.29. The summed E-state index contributed by atoms with van der Waals surface area (Å²) < 4.78 is 0. The van der Waals surface area contributed by atoms with Crippen LogP contribution in [0.25, 0.3) is 0 Å². The third-order valence-electron chi connectivity index (χ3n) is 4.29. The van der Waals surface area contributed by atoms with Crippen LogP contribution in [-0.2, 0) is 9.59 Å². The van der Waals surface area contributed by atoms with Crippen LogP contribution >= 0.6 is 12.4 Å². The standard InChI is InChI=1S/C16H23N3O2.ClH/c1-11(20)19(2)15-9-4-3-8-14(15)18-16(21)13-7-5-6-12(13)10-17;/h3-4,8-9,12-13H,5-7,10,17H2,1-2H3,(H,18,21);1H/t12-,13-;/m1./s1. The van der Waals surface area contributed by atoms with Crippen LogP contribution in [-0.4, -0.2) is 25.4 Å². The molecule has 1 fully saturated rings. The summed E-state index contributed by atoms with van der Waals surface area (Å²) in [5.41, 5.74) is 7.12. The van der Waals surface area contributed by atoms with Gasteiger partial charge >= 0.3 is 0 Å². The Morgan fingerprint density at radius 3 is 2.64 bits per heavy atom. The molecule has 6 heteroatoms. The minimum Gasteiger partial charge on any atom is -0.330 e. The second-order valence-corrected chi connectivity index (χ2v) is 5.62. The molecule has 0 radical (unpaired) electrons. The second-order valence-electron chi connectivity index (χ2n) is 5.62. The SMILES string of the molecule is CC(=O)N(C)c1ccccc1NC(=O)[C@@H]1CCC[C@@H]1CN.Cl. The zero-order chi connectivity index (χ0) is 15.4. The smallest absolute Gasteiger partial charge is 0.227 e. The van der Waals surface area contributed by atoms with E-state index in [-0.39, 0.29) is 36.1 Å². The molecule has 5 nitrogen and oxygen atoms in total. The second kappa shape index (κ2) is 8.15. The lowest BCUT2D eigenvalue weighted by Crippen LogP contribution is -2.31. The zero-order valence-electron chi connectivity index (χ0n) is 13.0. The largest absolute Gasteiger partial charge is 0.330 e. The van der Waals surface area contributed by atoms with E-state index in [1.54, 1.807) is 7.05 Å². The number of carbonyl (C=O) groups excluding carboxylic acids is 2. The van der Waals surface area contributed by atoms with Crippen molar-refractivity contribution in [3.8, 4) is 0 Å². The van der Waals surface area contributed by atoms with E-state index >= 15 is 0 Å². The summed E-state index contributed by atoms with van der Waals surface area (Å²) in [4.78, 5) is 25.5. The number of nitrogens with zero attached hydrogens (tertiary/aromatic N) is 1. The summed E-state index contributed by atoms with van der Waals surface area (Å²) in [6.07, 6.45) is 2.96. The third kappa shape index (κ3) is 3.99. The van der Waals surface area contributed by atoms with Gasteiger partial charge in [0, 0.05) is 19.9 Å². The molecule has 0 unspecified atom stereocenters. The predicted molar refractivity (Wildman–Crippen MR) is 91.3 cm³/mol. The molecule has 0 aromatic heterocycles. The maximum absolute atomic E-state index is 12.5. The van der Waals surface area contributed by atoms with Crippen molar-refractivity contribution in [2.45, 2.75) is 26.2 Å². The van der Waals surface area contributed by atoms with Crippen LogP contribution in [0.1, 0.15) is 26.2 Å². The monoisotopic (exact) mass is 325 g/mol. The molecule has 122 valence electrons. The molecule has 22 heavy (non-hydrogen) atoms. The van der Waals surface area contributed by atoms with Crippen molar-refractivity contribution in [2.24, 2.45) is 17.6 Å². The number of rotatable bonds is 4. The molecule has 2 amide bonds. The van der Waals surface area contributed by atoms with Gasteiger partial charge in [-0.1, -0.05) is 18.6 Å². The molecule has 0 heterocycles. The Morgan fingerprint density at radius 1 is 1.32 bits per heavy atom. The van der Waals surface area contributed by atoms with E-state index in [0.29, 0.717) is 17.9 Å². The molecule has 1 aromatic rings. The van der Waals surface area contributed by atoms with Crippen molar-refractivity contribution in [1.29, 1.82) is 0 Å². The Morgan fingerprint density at radius 2 is 2.00 bits per heavy atom. The first-order valence-corrected chi connectivity index (χ1v) is 7.39. The van der Waals surface area contributed by atoms with Gasteiger partial charge in [-0.15, -0.1) is 12.4 Å². The number of benzene rings is 1. The highest BCUT2D eigenvalue weighted by molar-refractivity contribution is 6.00. The van der Waals surface area contributed by atoms with Crippen LogP contribution in [0.2, 0.25) is 0 Å². The van der Waals surface area contributed by atoms with Crippen molar-refractivity contribution in [2.75, 3.05) is 23.8 Å². The Bertz CT molecular complexity index is 536. The Balaban J connectivity index is 0.00000242. The van der Waals surface area contributed by atoms with Gasteiger partial charge in [0.15, 0.2) is 0 Å². The van der Waals surface area contributed by atoms with Crippen molar-refractivity contribution >= 4 is 35.6 Å². The van der Waals surface area contributed by atoms with Crippen molar-refractivity contribution in [3.05, 3.63) is 24.3 Å². The summed E-state index contributed by atoms with van der Waals surface area (Å²) in [6.45, 7) is 2.05. The average Bonchev–Trinajstić information content (AvgIpc) is 2.95. The van der Waals surface area contributed by atoms with E-state index in [1.807, 2.05) is 24.3 Å². The quantitative estimate of drug-likeness (QED) is 0.892. The fourth-order valence-electron chi connectivity index (χ4n) is 2.93. The molecule has 0 spiro atoms. The highest BCUT2D eigenvalue weighted by atomic mass is 35.5. The topological polar surface area (TPSA) is 75.4 Å². The van der Waals surface area contributed by atoms with Gasteiger partial charge in [0.2, 0.25) is 11.8 Å². The van der Waals surface area contributed by atoms with E-state index < -0.39 is 0 Å². The number of carbonyl (C=O) groups is 2. The Kier molecular flexibility index (Phi) is 6.84. The summed E-state index contributed by atoms with van der Waals surface area (Å²) in [7, 11) is 1.70. The summed E-state index contributed by atoms with van der Waals surface area (Å²) in [5, 5.41) is 2.96. The van der Waals surface area contributed by atoms with Gasteiger partial charge in [0.05, 0.1) is 11.4 Å². The molecule has 1 aromatic carbocycles. The summed E-state index contributed by atoms with van der Waals surface area (Å²) in [5.74, 6) is 0.179. The van der Waals surface area contributed by atoms with Gasteiger partial charge in [-0.3, -0.25) is 9.59 Å². The van der Waals surface area contributed by atoms with Crippen molar-refractivity contribution < 1.29 is 9.59 Å². The Hall–Kier alpha value is -1.59. The minimum atomic E-state index is -0.0719. The molecule has 0 aliphatic heterocycles. The molecular formula is C16H24ClN3O2. The number of hydrogen-bond acceptors (Lipinski definition) is 3. The maximum atomic E-state index is 12.5. The van der Waals surface area contributed by atoms with Crippen LogP contribution in [0.4, 0.5) is 11.4 Å². The van der Waals surface area contributed by atoms with Crippen LogP contribution in [0.15, 0.2) is 24.3 Å². The number of nitrogens with two attached hydrogens (primary N) is 1. The molecule has 0 bridgehead atoms. The fourth-order valence-corrected chi connectivity index (χ4v) is 2.93. The zero-order valence-corrected chi connectivity index (χ0v) is 13.9. The van der Waals surface area contributed by atoms with Crippen LogP contribution in [0.5, 0.6) is 0 Å². The molecule has 3 N–H and O–H groups in total. The number of halogens is 1. The average molecular weight is 326 g/mol. The number of hydrogen-bond donors (Lipinski definition) is 2. The van der Waals surface area contributed by atoms with Crippen LogP contribution < -0.4 is 16.0 Å². The van der Waals surface area contributed by atoms with Gasteiger partial charge in [0.1, 0.15) is 0 Å². The van der Waals surface area contributed by atoms with Gasteiger partial charge < -0.3 is 16.0 Å². The first kappa shape index (κ1) is 18.5. The fraction of sp³-hybridized carbons (Fsp3) is 0.500. The van der Waals surface area contributed by atoms with E-state index in [2.05, 4.69) is 5.32 Å². The number of para-hydroxylation sites is 2. The van der Waals surface area contributed by atoms with Crippen LogP contribution in [0.3, 0.4) is 0 Å². The molecule has 1 aliphatic carbocycles. The van der Waals surface area contributed by atoms with E-state index in [1.165, 1.54) is 11.8 Å². The molecule has 1 aliphatic rings. The minimum absolute atomic E-state index is 0. The molecular weight excluding hydrogens is 302 g/mol. The summed E-state index contributed by atoms with van der Waals surface area (Å²) >= 11 is 0. The van der Waals surface area contributed by atoms with E-state index in [0.717, 1.165) is 19.3 Å². The predicted octanol–water partition coefficient (Wildman–Crippen LogP) is 2.40.